The normalized spacial score (nSPS) is 13.6. The van der Waals surface area contributed by atoms with E-state index in [1.54, 1.807) is 25.1 Å². The highest BCUT2D eigenvalue weighted by atomic mass is 35.5. The first kappa shape index (κ1) is 16.5. The predicted molar refractivity (Wildman–Crippen MR) is 89.8 cm³/mol. The molecule has 2 N–H and O–H groups in total. The van der Waals surface area contributed by atoms with Crippen LogP contribution in [-0.2, 0) is 4.79 Å². The lowest BCUT2D eigenvalue weighted by Crippen LogP contribution is -2.35. The lowest BCUT2D eigenvalue weighted by atomic mass is 10.1. The smallest absolute Gasteiger partial charge is 0.257 e. The van der Waals surface area contributed by atoms with E-state index in [-0.39, 0.29) is 17.7 Å². The maximum absolute atomic E-state index is 12.5. The fraction of sp³-hybridized carbons (Fsp3) is 0.353. The Bertz CT molecular complexity index is 768. The zero-order valence-electron chi connectivity index (χ0n) is 13.3. The van der Waals surface area contributed by atoms with Crippen molar-refractivity contribution in [1.82, 2.24) is 15.8 Å². The molecule has 1 saturated carbocycles. The molecule has 2 aromatic rings. The minimum Gasteiger partial charge on any atom is -0.360 e. The molecular formula is C17H18ClN3O3. The molecule has 7 heteroatoms. The number of benzene rings is 1. The first-order valence-electron chi connectivity index (χ1n) is 7.85. The molecule has 126 valence electrons. The second-order valence-electron chi connectivity index (χ2n) is 5.76. The van der Waals surface area contributed by atoms with E-state index in [4.69, 9.17) is 16.1 Å². The van der Waals surface area contributed by atoms with Gasteiger partial charge in [-0.15, -0.1) is 0 Å². The van der Waals surface area contributed by atoms with Crippen LogP contribution in [0.4, 0.5) is 0 Å². The Morgan fingerprint density at radius 2 is 1.96 bits per heavy atom. The van der Waals surface area contributed by atoms with E-state index in [1.165, 1.54) is 0 Å². The standard InChI is InChI=1S/C17H18ClN3O3/c1-10-14(15(21-24-10)12-4-2-3-5-13(12)18)17(23)20-9-8-19-16(22)11-6-7-11/h2-5,11H,6-9H2,1H3,(H,19,22)(H,20,23). The average Bonchev–Trinajstić information content (AvgIpc) is 3.35. The topological polar surface area (TPSA) is 84.2 Å². The fourth-order valence-electron chi connectivity index (χ4n) is 2.42. The number of carbonyl (C=O) groups is 2. The molecule has 1 aliphatic rings. The van der Waals surface area contributed by atoms with Gasteiger partial charge in [0.1, 0.15) is 17.0 Å². The maximum Gasteiger partial charge on any atom is 0.257 e. The summed E-state index contributed by atoms with van der Waals surface area (Å²) < 4.78 is 5.17. The van der Waals surface area contributed by atoms with Crippen LogP contribution in [0, 0.1) is 12.8 Å². The predicted octanol–water partition coefficient (Wildman–Crippen LogP) is 2.56. The molecular weight excluding hydrogens is 330 g/mol. The third-order valence-electron chi connectivity index (χ3n) is 3.88. The largest absolute Gasteiger partial charge is 0.360 e. The van der Waals surface area contributed by atoms with Crippen molar-refractivity contribution in [3.05, 3.63) is 40.6 Å². The van der Waals surface area contributed by atoms with Crippen molar-refractivity contribution in [2.75, 3.05) is 13.1 Å². The fourth-order valence-corrected chi connectivity index (χ4v) is 2.64. The molecule has 1 fully saturated rings. The highest BCUT2D eigenvalue weighted by Gasteiger charge is 2.29. The molecule has 1 aliphatic carbocycles. The Morgan fingerprint density at radius 1 is 1.25 bits per heavy atom. The van der Waals surface area contributed by atoms with Gasteiger partial charge in [0.2, 0.25) is 5.91 Å². The second kappa shape index (κ2) is 7.05. The number of hydrogen-bond donors (Lipinski definition) is 2. The van der Waals surface area contributed by atoms with E-state index in [1.807, 2.05) is 6.07 Å². The van der Waals surface area contributed by atoms with Gasteiger partial charge in [-0.1, -0.05) is 35.0 Å². The summed E-state index contributed by atoms with van der Waals surface area (Å²) in [6, 6.07) is 7.14. The number of aryl methyl sites for hydroxylation is 1. The quantitative estimate of drug-likeness (QED) is 0.786. The van der Waals surface area contributed by atoms with Crippen LogP contribution in [0.2, 0.25) is 5.02 Å². The number of amides is 2. The van der Waals surface area contributed by atoms with Gasteiger partial charge in [0.15, 0.2) is 0 Å². The Morgan fingerprint density at radius 3 is 2.67 bits per heavy atom. The lowest BCUT2D eigenvalue weighted by molar-refractivity contribution is -0.122. The van der Waals surface area contributed by atoms with Crippen LogP contribution >= 0.6 is 11.6 Å². The van der Waals surface area contributed by atoms with Gasteiger partial charge in [0, 0.05) is 24.6 Å². The van der Waals surface area contributed by atoms with Crippen LogP contribution in [0.1, 0.15) is 29.0 Å². The first-order chi connectivity index (χ1) is 11.6. The third kappa shape index (κ3) is 3.59. The van der Waals surface area contributed by atoms with Crippen molar-refractivity contribution < 1.29 is 14.1 Å². The van der Waals surface area contributed by atoms with Crippen molar-refractivity contribution in [1.29, 1.82) is 0 Å². The van der Waals surface area contributed by atoms with Crippen molar-refractivity contribution >= 4 is 23.4 Å². The minimum atomic E-state index is -0.302. The van der Waals surface area contributed by atoms with E-state index in [9.17, 15) is 9.59 Å². The number of nitrogens with one attached hydrogen (secondary N) is 2. The number of nitrogens with zero attached hydrogens (tertiary/aromatic N) is 1. The molecule has 0 bridgehead atoms. The molecule has 3 rings (SSSR count). The van der Waals surface area contributed by atoms with E-state index < -0.39 is 0 Å². The summed E-state index contributed by atoms with van der Waals surface area (Å²) in [5, 5.41) is 10.0. The lowest BCUT2D eigenvalue weighted by Gasteiger charge is -2.07. The number of carbonyl (C=O) groups excluding carboxylic acids is 2. The highest BCUT2D eigenvalue weighted by Crippen LogP contribution is 2.31. The molecule has 0 aliphatic heterocycles. The number of aromatic nitrogens is 1. The zero-order valence-corrected chi connectivity index (χ0v) is 14.0. The number of halogens is 1. The molecule has 2 amide bonds. The molecule has 24 heavy (non-hydrogen) atoms. The van der Waals surface area contributed by atoms with Crippen molar-refractivity contribution in [3.63, 3.8) is 0 Å². The van der Waals surface area contributed by atoms with Gasteiger partial charge < -0.3 is 15.2 Å². The van der Waals surface area contributed by atoms with Crippen LogP contribution in [-0.4, -0.2) is 30.1 Å². The molecule has 0 saturated heterocycles. The van der Waals surface area contributed by atoms with Crippen LogP contribution in [0.15, 0.2) is 28.8 Å². The molecule has 6 nitrogen and oxygen atoms in total. The summed E-state index contributed by atoms with van der Waals surface area (Å²) in [5.41, 5.74) is 1.41. The average molecular weight is 348 g/mol. The van der Waals surface area contributed by atoms with Crippen LogP contribution in [0.5, 0.6) is 0 Å². The summed E-state index contributed by atoms with van der Waals surface area (Å²) in [6.07, 6.45) is 1.92. The number of hydrogen-bond acceptors (Lipinski definition) is 4. The summed E-state index contributed by atoms with van der Waals surface area (Å²) in [5.74, 6) is 0.337. The van der Waals surface area contributed by atoms with Gasteiger partial charge in [-0.2, -0.15) is 0 Å². The Balaban J connectivity index is 1.65. The SMILES string of the molecule is Cc1onc(-c2ccccc2Cl)c1C(=O)NCCNC(=O)C1CC1. The Hall–Kier alpha value is -2.34. The number of rotatable bonds is 6. The molecule has 0 unspecified atom stereocenters. The van der Waals surface area contributed by atoms with Crippen molar-refractivity contribution in [3.8, 4) is 11.3 Å². The van der Waals surface area contributed by atoms with Gasteiger partial charge in [0.25, 0.3) is 5.91 Å². The van der Waals surface area contributed by atoms with Gasteiger partial charge in [-0.05, 0) is 25.8 Å². The van der Waals surface area contributed by atoms with E-state index in [2.05, 4.69) is 15.8 Å². The van der Waals surface area contributed by atoms with E-state index >= 15 is 0 Å². The van der Waals surface area contributed by atoms with E-state index in [0.29, 0.717) is 40.7 Å². The van der Waals surface area contributed by atoms with E-state index in [0.717, 1.165) is 12.8 Å². The Labute approximate surface area is 144 Å². The monoisotopic (exact) mass is 347 g/mol. The second-order valence-corrected chi connectivity index (χ2v) is 6.17. The first-order valence-corrected chi connectivity index (χ1v) is 8.23. The summed E-state index contributed by atoms with van der Waals surface area (Å²) in [4.78, 5) is 24.0. The van der Waals surface area contributed by atoms with Gasteiger partial charge >= 0.3 is 0 Å². The maximum atomic E-state index is 12.5. The van der Waals surface area contributed by atoms with Crippen molar-refractivity contribution in [2.24, 2.45) is 5.92 Å². The van der Waals surface area contributed by atoms with Crippen LogP contribution < -0.4 is 10.6 Å². The van der Waals surface area contributed by atoms with Gasteiger partial charge in [-0.3, -0.25) is 9.59 Å². The molecule has 0 radical (unpaired) electrons. The molecule has 1 aromatic heterocycles. The molecule has 1 heterocycles. The minimum absolute atomic E-state index is 0.0576. The molecule has 0 spiro atoms. The summed E-state index contributed by atoms with van der Waals surface area (Å²) in [6.45, 7) is 2.41. The van der Waals surface area contributed by atoms with Crippen LogP contribution in [0.25, 0.3) is 11.3 Å². The zero-order chi connectivity index (χ0) is 17.1. The van der Waals surface area contributed by atoms with Crippen LogP contribution in [0.3, 0.4) is 0 Å². The summed E-state index contributed by atoms with van der Waals surface area (Å²) >= 11 is 6.18. The Kier molecular flexibility index (Phi) is 4.85. The van der Waals surface area contributed by atoms with Gasteiger partial charge in [0.05, 0.1) is 5.02 Å². The summed E-state index contributed by atoms with van der Waals surface area (Å²) in [7, 11) is 0. The molecule has 1 aromatic carbocycles. The molecule has 0 atom stereocenters. The van der Waals surface area contributed by atoms with Gasteiger partial charge in [-0.25, -0.2) is 0 Å². The third-order valence-corrected chi connectivity index (χ3v) is 4.21. The highest BCUT2D eigenvalue weighted by molar-refractivity contribution is 6.33. The van der Waals surface area contributed by atoms with Crippen molar-refractivity contribution in [2.45, 2.75) is 19.8 Å².